The zero-order chi connectivity index (χ0) is 11.4. The van der Waals surface area contributed by atoms with Gasteiger partial charge in [-0.1, -0.05) is 0 Å². The monoisotopic (exact) mass is 224 g/mol. The standard InChI is InChI=1S/C11H20N4O/c1-2-15-11(13-8-14-15)7-16-10-5-3-4-9(12)6-10/h8-10H,2-7,12H2,1H3. The zero-order valence-corrected chi connectivity index (χ0v) is 9.80. The molecule has 0 aliphatic heterocycles. The van der Waals surface area contributed by atoms with E-state index < -0.39 is 0 Å². The lowest BCUT2D eigenvalue weighted by Crippen LogP contribution is -2.32. The second-order valence-electron chi connectivity index (χ2n) is 4.35. The molecule has 5 nitrogen and oxygen atoms in total. The summed E-state index contributed by atoms with van der Waals surface area (Å²) in [5.74, 6) is 0.904. The van der Waals surface area contributed by atoms with Gasteiger partial charge in [0.1, 0.15) is 12.9 Å². The number of aromatic nitrogens is 3. The minimum atomic E-state index is 0.297. The van der Waals surface area contributed by atoms with E-state index in [9.17, 15) is 0 Å². The number of ether oxygens (including phenoxy) is 1. The van der Waals surface area contributed by atoms with Gasteiger partial charge in [0.05, 0.1) is 6.10 Å². The molecular weight excluding hydrogens is 204 g/mol. The first kappa shape index (κ1) is 11.5. The molecule has 2 N–H and O–H groups in total. The highest BCUT2D eigenvalue weighted by Crippen LogP contribution is 2.20. The second kappa shape index (κ2) is 5.41. The van der Waals surface area contributed by atoms with Crippen LogP contribution in [0.1, 0.15) is 38.4 Å². The van der Waals surface area contributed by atoms with Crippen LogP contribution in [0.15, 0.2) is 6.33 Å². The largest absolute Gasteiger partial charge is 0.370 e. The molecule has 1 aliphatic carbocycles. The van der Waals surface area contributed by atoms with Crippen molar-refractivity contribution in [3.05, 3.63) is 12.2 Å². The van der Waals surface area contributed by atoms with Crippen molar-refractivity contribution in [1.29, 1.82) is 0 Å². The van der Waals surface area contributed by atoms with Crippen LogP contribution in [0.3, 0.4) is 0 Å². The molecule has 2 unspecified atom stereocenters. The van der Waals surface area contributed by atoms with Crippen LogP contribution in [0.4, 0.5) is 0 Å². The number of hydrogen-bond acceptors (Lipinski definition) is 4. The smallest absolute Gasteiger partial charge is 0.152 e. The fourth-order valence-corrected chi connectivity index (χ4v) is 2.19. The summed E-state index contributed by atoms with van der Waals surface area (Å²) in [4.78, 5) is 4.19. The summed E-state index contributed by atoms with van der Waals surface area (Å²) in [6, 6.07) is 0.308. The molecular formula is C11H20N4O. The van der Waals surface area contributed by atoms with Gasteiger partial charge in [-0.3, -0.25) is 0 Å². The third kappa shape index (κ3) is 2.80. The first-order chi connectivity index (χ1) is 7.79. The zero-order valence-electron chi connectivity index (χ0n) is 9.80. The van der Waals surface area contributed by atoms with Crippen LogP contribution >= 0.6 is 0 Å². The lowest BCUT2D eigenvalue weighted by molar-refractivity contribution is 0.00747. The van der Waals surface area contributed by atoms with Crippen molar-refractivity contribution in [2.24, 2.45) is 5.73 Å². The van der Waals surface area contributed by atoms with E-state index in [4.69, 9.17) is 10.5 Å². The van der Waals surface area contributed by atoms with Crippen molar-refractivity contribution in [3.63, 3.8) is 0 Å². The van der Waals surface area contributed by atoms with E-state index in [1.54, 1.807) is 6.33 Å². The highest BCUT2D eigenvalue weighted by Gasteiger charge is 2.20. The maximum absolute atomic E-state index is 5.92. The van der Waals surface area contributed by atoms with Crippen LogP contribution in [0.25, 0.3) is 0 Å². The Kier molecular flexibility index (Phi) is 3.90. The molecule has 16 heavy (non-hydrogen) atoms. The molecule has 0 amide bonds. The average Bonchev–Trinajstić information content (AvgIpc) is 2.74. The van der Waals surface area contributed by atoms with Gasteiger partial charge in [-0.25, -0.2) is 9.67 Å². The Morgan fingerprint density at radius 2 is 2.44 bits per heavy atom. The van der Waals surface area contributed by atoms with E-state index in [1.165, 1.54) is 6.42 Å². The van der Waals surface area contributed by atoms with Gasteiger partial charge in [0.15, 0.2) is 5.82 Å². The molecule has 1 aliphatic rings. The molecule has 5 heteroatoms. The van der Waals surface area contributed by atoms with Gasteiger partial charge in [-0.2, -0.15) is 5.10 Å². The molecule has 0 aromatic carbocycles. The summed E-state index contributed by atoms with van der Waals surface area (Å²) in [6.07, 6.45) is 6.27. The van der Waals surface area contributed by atoms with Crippen LogP contribution in [-0.4, -0.2) is 26.9 Å². The van der Waals surface area contributed by atoms with Gasteiger partial charge in [0.25, 0.3) is 0 Å². The van der Waals surface area contributed by atoms with E-state index in [0.717, 1.165) is 31.6 Å². The minimum absolute atomic E-state index is 0.297. The normalized spacial score (nSPS) is 25.9. The van der Waals surface area contributed by atoms with Gasteiger partial charge >= 0.3 is 0 Å². The topological polar surface area (TPSA) is 66.0 Å². The predicted octanol–water partition coefficient (Wildman–Crippen LogP) is 1.08. The van der Waals surface area contributed by atoms with Gasteiger partial charge in [-0.15, -0.1) is 0 Å². The molecule has 1 aromatic rings. The predicted molar refractivity (Wildman–Crippen MR) is 60.7 cm³/mol. The van der Waals surface area contributed by atoms with Crippen molar-refractivity contribution in [2.75, 3.05) is 0 Å². The van der Waals surface area contributed by atoms with Gasteiger partial charge in [0.2, 0.25) is 0 Å². The summed E-state index contributed by atoms with van der Waals surface area (Å²) >= 11 is 0. The molecule has 90 valence electrons. The van der Waals surface area contributed by atoms with Gasteiger partial charge in [-0.05, 0) is 32.6 Å². The van der Waals surface area contributed by atoms with Crippen LogP contribution in [-0.2, 0) is 17.9 Å². The lowest BCUT2D eigenvalue weighted by Gasteiger charge is -2.26. The third-order valence-electron chi connectivity index (χ3n) is 3.11. The summed E-state index contributed by atoms with van der Waals surface area (Å²) in [7, 11) is 0. The maximum Gasteiger partial charge on any atom is 0.152 e. The summed E-state index contributed by atoms with van der Waals surface area (Å²) in [5.41, 5.74) is 5.92. The van der Waals surface area contributed by atoms with Gasteiger partial charge < -0.3 is 10.5 Å². The number of aryl methyl sites for hydroxylation is 1. The molecule has 1 aromatic heterocycles. The second-order valence-corrected chi connectivity index (χ2v) is 4.35. The Balaban J connectivity index is 1.82. The number of hydrogen-bond donors (Lipinski definition) is 1. The van der Waals surface area contributed by atoms with Crippen molar-refractivity contribution in [3.8, 4) is 0 Å². The Morgan fingerprint density at radius 3 is 3.19 bits per heavy atom. The number of rotatable bonds is 4. The number of nitrogens with two attached hydrogens (primary N) is 1. The van der Waals surface area contributed by atoms with Crippen LogP contribution in [0.5, 0.6) is 0 Å². The van der Waals surface area contributed by atoms with Crippen molar-refractivity contribution < 1.29 is 4.74 Å². The van der Waals surface area contributed by atoms with Crippen molar-refractivity contribution >= 4 is 0 Å². The molecule has 0 saturated heterocycles. The SMILES string of the molecule is CCn1ncnc1COC1CCCC(N)C1. The summed E-state index contributed by atoms with van der Waals surface area (Å²) in [6.45, 7) is 3.43. The Labute approximate surface area is 96.0 Å². The first-order valence-corrected chi connectivity index (χ1v) is 6.03. The maximum atomic E-state index is 5.92. The molecule has 2 rings (SSSR count). The summed E-state index contributed by atoms with van der Waals surface area (Å²) < 4.78 is 7.70. The van der Waals surface area contributed by atoms with Crippen LogP contribution < -0.4 is 5.73 Å². The molecule has 1 fully saturated rings. The molecule has 0 radical (unpaired) electrons. The fraction of sp³-hybridized carbons (Fsp3) is 0.818. The Bertz CT molecular complexity index is 326. The molecule has 1 saturated carbocycles. The fourth-order valence-electron chi connectivity index (χ4n) is 2.19. The van der Waals surface area contributed by atoms with Crippen molar-refractivity contribution in [1.82, 2.24) is 14.8 Å². The minimum Gasteiger partial charge on any atom is -0.370 e. The van der Waals surface area contributed by atoms with Crippen molar-refractivity contribution in [2.45, 2.75) is 57.9 Å². The van der Waals surface area contributed by atoms with Crippen LogP contribution in [0.2, 0.25) is 0 Å². The third-order valence-corrected chi connectivity index (χ3v) is 3.11. The first-order valence-electron chi connectivity index (χ1n) is 6.03. The average molecular weight is 224 g/mol. The number of nitrogens with zero attached hydrogens (tertiary/aromatic N) is 3. The molecule has 0 bridgehead atoms. The summed E-state index contributed by atoms with van der Waals surface area (Å²) in [5, 5.41) is 4.11. The molecule has 2 atom stereocenters. The van der Waals surface area contributed by atoms with E-state index in [-0.39, 0.29) is 0 Å². The van der Waals surface area contributed by atoms with E-state index in [2.05, 4.69) is 17.0 Å². The quantitative estimate of drug-likeness (QED) is 0.831. The lowest BCUT2D eigenvalue weighted by atomic mass is 9.94. The van der Waals surface area contributed by atoms with E-state index in [0.29, 0.717) is 18.8 Å². The van der Waals surface area contributed by atoms with Gasteiger partial charge in [0, 0.05) is 12.6 Å². The Morgan fingerprint density at radius 1 is 1.56 bits per heavy atom. The molecule has 0 spiro atoms. The van der Waals surface area contributed by atoms with E-state index >= 15 is 0 Å². The van der Waals surface area contributed by atoms with Crippen LogP contribution in [0, 0.1) is 0 Å². The highest BCUT2D eigenvalue weighted by atomic mass is 16.5. The Hall–Kier alpha value is -0.940. The molecule has 1 heterocycles. The highest BCUT2D eigenvalue weighted by molar-refractivity contribution is 4.82. The van der Waals surface area contributed by atoms with E-state index in [1.807, 2.05) is 4.68 Å².